The number of carbonyl (C=O) groups is 1. The summed E-state index contributed by atoms with van der Waals surface area (Å²) in [6.45, 7) is 0. The van der Waals surface area contributed by atoms with E-state index in [4.69, 9.17) is 0 Å². The van der Waals surface area contributed by atoms with E-state index >= 15 is 0 Å². The number of nitrogens with zero attached hydrogens (tertiary/aromatic N) is 1. The van der Waals surface area contributed by atoms with E-state index in [-0.39, 0.29) is 17.2 Å². The third-order valence-corrected chi connectivity index (χ3v) is 7.61. The number of fused-ring (bicyclic) bond motifs is 1. The van der Waals surface area contributed by atoms with Crippen LogP contribution in [-0.2, 0) is 16.6 Å². The van der Waals surface area contributed by atoms with E-state index in [1.165, 1.54) is 9.75 Å². The van der Waals surface area contributed by atoms with Crippen molar-refractivity contribution in [1.82, 2.24) is 10.2 Å². The minimum Gasteiger partial charge on any atom is -0.308 e. The Morgan fingerprint density at radius 3 is 2.50 bits per heavy atom. The molecule has 1 fully saturated rings. The zero-order valence-electron chi connectivity index (χ0n) is 14.2. The molecule has 2 N–H and O–H groups in total. The van der Waals surface area contributed by atoms with Crippen LogP contribution < -0.4 is 5.32 Å². The highest BCUT2D eigenvalue weighted by molar-refractivity contribution is 7.11. The Kier molecular flexibility index (Phi) is 3.83. The maximum atomic E-state index is 12.3. The lowest BCUT2D eigenvalue weighted by Gasteiger charge is -2.31. The third-order valence-electron chi connectivity index (χ3n) is 5.51. The first kappa shape index (κ1) is 16.0. The highest BCUT2D eigenvalue weighted by Crippen LogP contribution is 2.45. The smallest absolute Gasteiger partial charge is 0.228 e. The molecule has 0 saturated heterocycles. The Morgan fingerprint density at radius 1 is 1.19 bits per heavy atom. The Bertz CT molecular complexity index is 915. The Hall–Kier alpha value is -2.18. The minimum absolute atomic E-state index is 0.104. The molecule has 0 unspecified atom stereocenters. The van der Waals surface area contributed by atoms with Crippen LogP contribution in [0.25, 0.3) is 6.08 Å². The van der Waals surface area contributed by atoms with Crippen LogP contribution in [-0.4, -0.2) is 16.1 Å². The molecule has 3 heterocycles. The van der Waals surface area contributed by atoms with Crippen molar-refractivity contribution in [2.75, 3.05) is 5.32 Å². The maximum Gasteiger partial charge on any atom is 0.228 e. The molecule has 26 heavy (non-hydrogen) atoms. The lowest BCUT2D eigenvalue weighted by molar-refractivity contribution is -0.122. The summed E-state index contributed by atoms with van der Waals surface area (Å²) >= 11 is 3.57. The molecule has 6 heteroatoms. The van der Waals surface area contributed by atoms with Gasteiger partial charge >= 0.3 is 0 Å². The number of H-pyrrole nitrogens is 1. The van der Waals surface area contributed by atoms with Crippen molar-refractivity contribution in [1.29, 1.82) is 0 Å². The highest BCUT2D eigenvalue weighted by atomic mass is 32.1. The molecular weight excluding hydrogens is 362 g/mol. The number of hydrogen-bond donors (Lipinski definition) is 2. The first-order valence-electron chi connectivity index (χ1n) is 8.91. The highest BCUT2D eigenvalue weighted by Gasteiger charge is 2.38. The molecule has 0 bridgehead atoms. The quantitative estimate of drug-likeness (QED) is 0.680. The van der Waals surface area contributed by atoms with Crippen LogP contribution in [0.1, 0.15) is 40.3 Å². The molecule has 0 aliphatic heterocycles. The normalized spacial score (nSPS) is 18.3. The lowest BCUT2D eigenvalue weighted by atomic mass is 9.76. The van der Waals surface area contributed by atoms with Crippen LogP contribution in [0.5, 0.6) is 0 Å². The molecule has 1 amide bonds. The average Bonchev–Trinajstić information content (AvgIpc) is 3.35. The van der Waals surface area contributed by atoms with Gasteiger partial charge in [-0.05, 0) is 35.7 Å². The summed E-state index contributed by atoms with van der Waals surface area (Å²) in [5.74, 6) is 0.928. The molecular formula is C20H19N3OS2. The predicted octanol–water partition coefficient (Wildman–Crippen LogP) is 4.83. The zero-order valence-corrected chi connectivity index (χ0v) is 15.8. The number of amides is 1. The summed E-state index contributed by atoms with van der Waals surface area (Å²) in [4.78, 5) is 15.0. The van der Waals surface area contributed by atoms with Gasteiger partial charge < -0.3 is 5.32 Å². The monoisotopic (exact) mass is 381 g/mol. The number of thiophene rings is 2. The first-order valence-corrected chi connectivity index (χ1v) is 10.7. The number of nitrogens with one attached hydrogen (secondary N) is 2. The van der Waals surface area contributed by atoms with Crippen molar-refractivity contribution in [2.24, 2.45) is 5.92 Å². The van der Waals surface area contributed by atoms with Crippen LogP contribution in [0.15, 0.2) is 41.1 Å². The topological polar surface area (TPSA) is 57.8 Å². The van der Waals surface area contributed by atoms with Crippen LogP contribution in [0, 0.1) is 5.92 Å². The molecule has 0 radical (unpaired) electrons. The molecule has 2 aliphatic rings. The van der Waals surface area contributed by atoms with E-state index in [2.05, 4.69) is 62.7 Å². The number of anilines is 1. The molecule has 3 aromatic rings. The second-order valence-electron chi connectivity index (χ2n) is 7.02. The summed E-state index contributed by atoms with van der Waals surface area (Å²) < 4.78 is 0. The number of rotatable bonds is 4. The van der Waals surface area contributed by atoms with Crippen molar-refractivity contribution < 1.29 is 4.79 Å². The summed E-state index contributed by atoms with van der Waals surface area (Å²) in [6.07, 6.45) is 8.37. The number of carbonyl (C=O) groups excluding carboxylic acids is 1. The van der Waals surface area contributed by atoms with Crippen molar-refractivity contribution in [2.45, 2.75) is 31.1 Å². The van der Waals surface area contributed by atoms with E-state index in [1.807, 2.05) is 0 Å². The summed E-state index contributed by atoms with van der Waals surface area (Å²) in [5.41, 5.74) is 1.94. The van der Waals surface area contributed by atoms with Gasteiger partial charge in [-0.15, -0.1) is 22.7 Å². The Balaban J connectivity index is 1.50. The van der Waals surface area contributed by atoms with Gasteiger partial charge in [-0.3, -0.25) is 9.89 Å². The van der Waals surface area contributed by atoms with Crippen molar-refractivity contribution in [3.63, 3.8) is 0 Å². The fourth-order valence-corrected chi connectivity index (χ4v) is 5.68. The molecule has 0 aromatic carbocycles. The van der Waals surface area contributed by atoms with Gasteiger partial charge in [-0.1, -0.05) is 30.7 Å². The second kappa shape index (κ2) is 6.21. The molecule has 0 spiro atoms. The molecule has 1 saturated carbocycles. The molecule has 4 nitrogen and oxygen atoms in total. The fourth-order valence-electron chi connectivity index (χ4n) is 3.77. The maximum absolute atomic E-state index is 12.3. The van der Waals surface area contributed by atoms with Crippen LogP contribution in [0.2, 0.25) is 0 Å². The largest absolute Gasteiger partial charge is 0.308 e. The van der Waals surface area contributed by atoms with Gasteiger partial charge in [0.15, 0.2) is 5.82 Å². The zero-order chi connectivity index (χ0) is 17.6. The lowest BCUT2D eigenvalue weighted by Crippen LogP contribution is -2.29. The van der Waals surface area contributed by atoms with Crippen LogP contribution >= 0.6 is 22.7 Å². The fraction of sp³-hybridized carbons (Fsp3) is 0.300. The summed E-state index contributed by atoms with van der Waals surface area (Å²) in [7, 11) is 0. The first-order chi connectivity index (χ1) is 12.8. The van der Waals surface area contributed by atoms with E-state index in [9.17, 15) is 4.79 Å². The number of hydrogen-bond acceptors (Lipinski definition) is 4. The second-order valence-corrected chi connectivity index (χ2v) is 8.91. The van der Waals surface area contributed by atoms with E-state index in [0.717, 1.165) is 36.9 Å². The van der Waals surface area contributed by atoms with Crippen LogP contribution in [0.3, 0.4) is 0 Å². The van der Waals surface area contributed by atoms with Gasteiger partial charge in [0.2, 0.25) is 5.91 Å². The van der Waals surface area contributed by atoms with Gasteiger partial charge in [0.25, 0.3) is 0 Å². The van der Waals surface area contributed by atoms with Gasteiger partial charge in [0, 0.05) is 33.4 Å². The van der Waals surface area contributed by atoms with Crippen molar-refractivity contribution >= 4 is 40.5 Å². The predicted molar refractivity (Wildman–Crippen MR) is 107 cm³/mol. The molecule has 5 rings (SSSR count). The Morgan fingerprint density at radius 2 is 1.92 bits per heavy atom. The van der Waals surface area contributed by atoms with E-state index < -0.39 is 0 Å². The number of aromatic nitrogens is 2. The van der Waals surface area contributed by atoms with Gasteiger partial charge in [0.05, 0.1) is 5.41 Å². The summed E-state index contributed by atoms with van der Waals surface area (Å²) in [5, 5.41) is 14.9. The van der Waals surface area contributed by atoms with Crippen molar-refractivity contribution in [3.05, 3.63) is 62.1 Å². The van der Waals surface area contributed by atoms with E-state index in [1.54, 1.807) is 22.7 Å². The molecule has 132 valence electrons. The minimum atomic E-state index is -0.156. The van der Waals surface area contributed by atoms with Gasteiger partial charge in [0.1, 0.15) is 0 Å². The molecule has 2 aliphatic carbocycles. The van der Waals surface area contributed by atoms with Crippen molar-refractivity contribution in [3.8, 4) is 0 Å². The Labute approximate surface area is 160 Å². The van der Waals surface area contributed by atoms with Gasteiger partial charge in [-0.25, -0.2) is 0 Å². The van der Waals surface area contributed by atoms with Gasteiger partial charge in [-0.2, -0.15) is 5.10 Å². The molecule has 0 atom stereocenters. The van der Waals surface area contributed by atoms with Crippen LogP contribution in [0.4, 0.5) is 5.82 Å². The average molecular weight is 382 g/mol. The summed E-state index contributed by atoms with van der Waals surface area (Å²) in [6, 6.07) is 8.62. The third kappa shape index (κ3) is 2.47. The number of allylic oxidation sites excluding steroid dienone is 1. The van der Waals surface area contributed by atoms with E-state index in [0.29, 0.717) is 5.82 Å². The number of aromatic amines is 1. The standard InChI is InChI=1S/C20H19N3OS2/c24-19(13-4-1-5-13)21-18-14-8-9-20(12-15(14)22-23-18,16-6-2-10-25-16)17-7-3-11-26-17/h2-3,6-11,13H,1,4-5,12H2,(H2,21,22,23,24). The SMILES string of the molecule is O=C(Nc1n[nH]c2c1C=CC(c1cccs1)(c1cccs1)C2)C1CCC1. The molecule has 3 aromatic heterocycles.